The topological polar surface area (TPSA) is 34.2 Å². The van der Waals surface area contributed by atoms with Crippen LogP contribution < -0.4 is 10.1 Å². The number of hydrogen-bond donors (Lipinski definition) is 1. The molecule has 0 spiro atoms. The summed E-state index contributed by atoms with van der Waals surface area (Å²) in [5.74, 6) is 0.516. The van der Waals surface area contributed by atoms with Crippen molar-refractivity contribution >= 4 is 31.9 Å². The molecule has 2 aromatic rings. The fraction of sp³-hybridized carbons (Fsp3) is 0.214. The molecule has 0 amide bonds. The molecule has 0 saturated carbocycles. The molecule has 1 aromatic heterocycles. The number of nitrogens with one attached hydrogen (secondary N) is 1. The van der Waals surface area contributed by atoms with E-state index in [0.29, 0.717) is 22.6 Å². The van der Waals surface area contributed by atoms with E-state index in [9.17, 15) is 4.39 Å². The van der Waals surface area contributed by atoms with Crippen LogP contribution >= 0.6 is 31.9 Å². The van der Waals surface area contributed by atoms with E-state index >= 15 is 0 Å². The first-order chi connectivity index (χ1) is 9.60. The molecular formula is C14H13Br2FN2O. The van der Waals surface area contributed by atoms with Crippen molar-refractivity contribution < 1.29 is 9.13 Å². The van der Waals surface area contributed by atoms with Crippen LogP contribution in [0.2, 0.25) is 0 Å². The second kappa shape index (κ2) is 7.15. The van der Waals surface area contributed by atoms with Gasteiger partial charge >= 0.3 is 0 Å². The number of hydrogen-bond acceptors (Lipinski definition) is 3. The Balaban J connectivity index is 2.25. The Morgan fingerprint density at radius 3 is 2.80 bits per heavy atom. The number of aromatic nitrogens is 1. The maximum atomic E-state index is 13.5. The van der Waals surface area contributed by atoms with Gasteiger partial charge in [0, 0.05) is 28.8 Å². The van der Waals surface area contributed by atoms with Crippen LogP contribution in [-0.2, 0) is 6.54 Å². The van der Waals surface area contributed by atoms with Gasteiger partial charge in [0.2, 0.25) is 5.88 Å². The van der Waals surface area contributed by atoms with Crippen LogP contribution in [0.25, 0.3) is 0 Å². The zero-order valence-electron chi connectivity index (χ0n) is 10.8. The van der Waals surface area contributed by atoms with E-state index in [4.69, 9.17) is 4.74 Å². The lowest BCUT2D eigenvalue weighted by Crippen LogP contribution is -2.13. The first-order valence-electron chi connectivity index (χ1n) is 6.08. The summed E-state index contributed by atoms with van der Waals surface area (Å²) >= 11 is 6.49. The average Bonchev–Trinajstić information content (AvgIpc) is 2.43. The molecule has 1 heterocycles. The Bertz CT molecular complexity index is 608. The average molecular weight is 404 g/mol. The molecule has 0 unspecified atom stereocenters. The Morgan fingerprint density at radius 2 is 2.10 bits per heavy atom. The van der Waals surface area contributed by atoms with E-state index in [0.717, 1.165) is 16.6 Å². The maximum Gasteiger partial charge on any atom is 0.223 e. The van der Waals surface area contributed by atoms with Crippen molar-refractivity contribution in [3.63, 3.8) is 0 Å². The molecule has 106 valence electrons. The number of halogens is 3. The summed E-state index contributed by atoms with van der Waals surface area (Å²) in [6.45, 7) is 3.51. The van der Waals surface area contributed by atoms with Gasteiger partial charge in [0.15, 0.2) is 0 Å². The van der Waals surface area contributed by atoms with Gasteiger partial charge in [-0.25, -0.2) is 9.37 Å². The highest BCUT2D eigenvalue weighted by Crippen LogP contribution is 2.28. The minimum Gasteiger partial charge on any atom is -0.439 e. The molecule has 0 bridgehead atoms. The summed E-state index contributed by atoms with van der Waals surface area (Å²) in [7, 11) is 0. The molecule has 1 aromatic carbocycles. The molecule has 0 aliphatic rings. The van der Waals surface area contributed by atoms with Crippen molar-refractivity contribution in [3.05, 3.63) is 50.8 Å². The molecule has 1 N–H and O–H groups in total. The van der Waals surface area contributed by atoms with Crippen LogP contribution in [0.4, 0.5) is 4.39 Å². The summed E-state index contributed by atoms with van der Waals surface area (Å²) < 4.78 is 20.4. The highest BCUT2D eigenvalue weighted by Gasteiger charge is 2.09. The minimum absolute atomic E-state index is 0.368. The van der Waals surface area contributed by atoms with Crippen molar-refractivity contribution in [3.8, 4) is 11.6 Å². The van der Waals surface area contributed by atoms with Crippen LogP contribution in [-0.4, -0.2) is 11.5 Å². The summed E-state index contributed by atoms with van der Waals surface area (Å²) in [6, 6.07) is 6.55. The lowest BCUT2D eigenvalue weighted by Gasteiger charge is -2.11. The normalized spacial score (nSPS) is 10.6. The van der Waals surface area contributed by atoms with E-state index in [-0.39, 0.29) is 5.82 Å². The Labute approximate surface area is 133 Å². The zero-order chi connectivity index (χ0) is 14.5. The van der Waals surface area contributed by atoms with Gasteiger partial charge in [0.25, 0.3) is 0 Å². The number of ether oxygens (including phenoxy) is 1. The van der Waals surface area contributed by atoms with Gasteiger partial charge in [-0.1, -0.05) is 6.92 Å². The third-order valence-electron chi connectivity index (χ3n) is 2.56. The Kier molecular flexibility index (Phi) is 5.51. The molecule has 2 rings (SSSR count). The largest absolute Gasteiger partial charge is 0.439 e. The van der Waals surface area contributed by atoms with Crippen LogP contribution in [0.3, 0.4) is 0 Å². The van der Waals surface area contributed by atoms with E-state index in [1.807, 2.05) is 13.0 Å². The standard InChI is InChI=1S/C14H13Br2FN2O/c1-2-18-7-9-5-10(15)8-19-14(9)20-11-3-4-12(16)13(17)6-11/h3-6,8,18H,2,7H2,1H3. The molecule has 0 aliphatic heterocycles. The first kappa shape index (κ1) is 15.4. The Morgan fingerprint density at radius 1 is 1.30 bits per heavy atom. The van der Waals surface area contributed by atoms with Gasteiger partial charge in [0.05, 0.1) is 4.47 Å². The third-order valence-corrected chi connectivity index (χ3v) is 3.64. The molecule has 6 heteroatoms. The van der Waals surface area contributed by atoms with E-state index < -0.39 is 0 Å². The molecule has 3 nitrogen and oxygen atoms in total. The van der Waals surface area contributed by atoms with Gasteiger partial charge < -0.3 is 10.1 Å². The molecule has 0 saturated heterocycles. The highest BCUT2D eigenvalue weighted by molar-refractivity contribution is 9.10. The van der Waals surface area contributed by atoms with Crippen molar-refractivity contribution in [2.45, 2.75) is 13.5 Å². The smallest absolute Gasteiger partial charge is 0.223 e. The second-order valence-corrected chi connectivity index (χ2v) is 5.85. The van der Waals surface area contributed by atoms with Gasteiger partial charge in [-0.15, -0.1) is 0 Å². The molecule has 0 aliphatic carbocycles. The molecule has 20 heavy (non-hydrogen) atoms. The fourth-order valence-corrected chi connectivity index (χ4v) is 2.22. The van der Waals surface area contributed by atoms with Crippen LogP contribution in [0.1, 0.15) is 12.5 Å². The predicted octanol–water partition coefficient (Wildman–Crippen LogP) is 4.65. The summed E-state index contributed by atoms with van der Waals surface area (Å²) in [5.41, 5.74) is 0.907. The van der Waals surface area contributed by atoms with Gasteiger partial charge in [-0.2, -0.15) is 0 Å². The highest BCUT2D eigenvalue weighted by atomic mass is 79.9. The minimum atomic E-state index is -0.368. The summed E-state index contributed by atoms with van der Waals surface area (Å²) in [4.78, 5) is 4.24. The molecular weight excluding hydrogens is 391 g/mol. The monoisotopic (exact) mass is 402 g/mol. The second-order valence-electron chi connectivity index (χ2n) is 4.08. The van der Waals surface area contributed by atoms with Gasteiger partial charge in [-0.05, 0) is 56.6 Å². The number of benzene rings is 1. The Hall–Kier alpha value is -0.980. The van der Waals surface area contributed by atoms with Crippen LogP contribution in [0, 0.1) is 5.82 Å². The third kappa shape index (κ3) is 4.01. The number of rotatable bonds is 5. The van der Waals surface area contributed by atoms with Crippen LogP contribution in [0.5, 0.6) is 11.6 Å². The van der Waals surface area contributed by atoms with Gasteiger partial charge in [-0.3, -0.25) is 0 Å². The molecule has 0 fully saturated rings. The maximum absolute atomic E-state index is 13.5. The van der Waals surface area contributed by atoms with Crippen molar-refractivity contribution in [2.75, 3.05) is 6.54 Å². The summed E-state index contributed by atoms with van der Waals surface area (Å²) in [6.07, 6.45) is 1.65. The van der Waals surface area contributed by atoms with Crippen molar-refractivity contribution in [1.29, 1.82) is 0 Å². The van der Waals surface area contributed by atoms with E-state index in [1.54, 1.807) is 18.3 Å². The molecule has 0 radical (unpaired) electrons. The summed E-state index contributed by atoms with van der Waals surface area (Å²) in [5, 5.41) is 3.22. The molecule has 0 atom stereocenters. The van der Waals surface area contributed by atoms with Crippen LogP contribution in [0.15, 0.2) is 39.4 Å². The SMILES string of the molecule is CCNCc1cc(Br)cnc1Oc1ccc(Br)c(F)c1. The number of pyridine rings is 1. The quantitative estimate of drug-likeness (QED) is 0.789. The first-order valence-corrected chi connectivity index (χ1v) is 7.66. The van der Waals surface area contributed by atoms with Crippen molar-refractivity contribution in [2.24, 2.45) is 0 Å². The number of nitrogens with zero attached hydrogens (tertiary/aromatic N) is 1. The lowest BCUT2D eigenvalue weighted by atomic mass is 10.2. The predicted molar refractivity (Wildman–Crippen MR) is 83.5 cm³/mol. The zero-order valence-corrected chi connectivity index (χ0v) is 14.0. The fourth-order valence-electron chi connectivity index (χ4n) is 1.60. The van der Waals surface area contributed by atoms with Crippen molar-refractivity contribution in [1.82, 2.24) is 10.3 Å². The van der Waals surface area contributed by atoms with Gasteiger partial charge in [0.1, 0.15) is 11.6 Å². The van der Waals surface area contributed by atoms with E-state index in [1.165, 1.54) is 6.07 Å². The van der Waals surface area contributed by atoms with E-state index in [2.05, 4.69) is 42.2 Å². The lowest BCUT2D eigenvalue weighted by molar-refractivity contribution is 0.448.